The van der Waals surface area contributed by atoms with Gasteiger partial charge in [-0.15, -0.1) is 0 Å². The molecule has 0 aromatic heterocycles. The van der Waals surface area contributed by atoms with E-state index in [4.69, 9.17) is 4.74 Å². The number of nitrogens with one attached hydrogen (secondary N) is 2. The third-order valence-electron chi connectivity index (χ3n) is 4.42. The van der Waals surface area contributed by atoms with Crippen LogP contribution in [0, 0.1) is 0 Å². The number of amides is 1. The van der Waals surface area contributed by atoms with Crippen LogP contribution in [0.15, 0.2) is 83.8 Å². The summed E-state index contributed by atoms with van der Waals surface area (Å²) in [5, 5.41) is 2.90. The Morgan fingerprint density at radius 1 is 0.897 bits per heavy atom. The third-order valence-corrected chi connectivity index (χ3v) is 5.83. The Hall–Kier alpha value is -3.32. The van der Waals surface area contributed by atoms with E-state index in [0.717, 1.165) is 5.56 Å². The van der Waals surface area contributed by atoms with Gasteiger partial charge in [-0.2, -0.15) is 0 Å². The summed E-state index contributed by atoms with van der Waals surface area (Å²) in [6, 6.07) is 22.1. The zero-order valence-corrected chi connectivity index (χ0v) is 16.9. The molecule has 0 bridgehead atoms. The lowest BCUT2D eigenvalue weighted by Crippen LogP contribution is -2.28. The topological polar surface area (TPSA) is 84.5 Å². The minimum Gasteiger partial charge on any atom is -0.495 e. The van der Waals surface area contributed by atoms with E-state index in [9.17, 15) is 13.2 Å². The summed E-state index contributed by atoms with van der Waals surface area (Å²) < 4.78 is 33.4. The lowest BCUT2D eigenvalue weighted by molar-refractivity contribution is 0.0941. The molecule has 0 heterocycles. The van der Waals surface area contributed by atoms with Gasteiger partial charge in [0.25, 0.3) is 15.9 Å². The summed E-state index contributed by atoms with van der Waals surface area (Å²) in [5.41, 5.74) is 1.37. The Balaban J connectivity index is 1.86. The molecule has 0 aliphatic carbocycles. The molecule has 3 aromatic rings. The van der Waals surface area contributed by atoms with Gasteiger partial charge in [-0.05, 0) is 36.8 Å². The molecule has 0 unspecified atom stereocenters. The molecule has 0 spiro atoms. The predicted octanol–water partition coefficient (Wildman–Crippen LogP) is 3.99. The second-order valence-electron chi connectivity index (χ2n) is 6.41. The maximum atomic E-state index is 12.9. The lowest BCUT2D eigenvalue weighted by Gasteiger charge is -2.17. The van der Waals surface area contributed by atoms with E-state index in [1.54, 1.807) is 42.5 Å². The maximum Gasteiger partial charge on any atom is 0.265 e. The highest BCUT2D eigenvalue weighted by Gasteiger charge is 2.22. The third kappa shape index (κ3) is 4.75. The average Bonchev–Trinajstić information content (AvgIpc) is 2.74. The molecule has 3 rings (SSSR count). The second-order valence-corrected chi connectivity index (χ2v) is 8.06. The molecule has 7 heteroatoms. The van der Waals surface area contributed by atoms with E-state index < -0.39 is 10.0 Å². The normalized spacial score (nSPS) is 12.1. The molecular formula is C22H22N2O4S. The van der Waals surface area contributed by atoms with Crippen LogP contribution in [0.1, 0.15) is 28.9 Å². The Morgan fingerprint density at radius 2 is 1.52 bits per heavy atom. The van der Waals surface area contributed by atoms with E-state index in [0.29, 0.717) is 0 Å². The fraction of sp³-hybridized carbons (Fsp3) is 0.136. The molecule has 0 aliphatic heterocycles. The highest BCUT2D eigenvalue weighted by atomic mass is 32.2. The van der Waals surface area contributed by atoms with Gasteiger partial charge < -0.3 is 10.1 Å². The van der Waals surface area contributed by atoms with Crippen molar-refractivity contribution in [1.29, 1.82) is 0 Å². The van der Waals surface area contributed by atoms with Crippen molar-refractivity contribution >= 4 is 21.6 Å². The SMILES string of the molecule is COc1ccccc1S(=O)(=O)Nc1ccccc1C(=O)N[C@@H](C)c1ccccc1. The Labute approximate surface area is 170 Å². The van der Waals surface area contributed by atoms with Crippen LogP contribution in [-0.2, 0) is 10.0 Å². The van der Waals surface area contributed by atoms with E-state index in [2.05, 4.69) is 10.0 Å². The van der Waals surface area contributed by atoms with Crippen molar-refractivity contribution in [2.24, 2.45) is 0 Å². The summed E-state index contributed by atoms with van der Waals surface area (Å²) in [6.45, 7) is 1.87. The number of ether oxygens (including phenoxy) is 1. The molecule has 1 atom stereocenters. The number of methoxy groups -OCH3 is 1. The highest BCUT2D eigenvalue weighted by molar-refractivity contribution is 7.92. The van der Waals surface area contributed by atoms with Crippen LogP contribution >= 0.6 is 0 Å². The molecule has 0 aliphatic rings. The van der Waals surface area contributed by atoms with Crippen molar-refractivity contribution in [2.45, 2.75) is 17.9 Å². The minimum atomic E-state index is -3.95. The molecule has 3 aromatic carbocycles. The van der Waals surface area contributed by atoms with Crippen molar-refractivity contribution in [2.75, 3.05) is 11.8 Å². The maximum absolute atomic E-state index is 12.9. The monoisotopic (exact) mass is 410 g/mol. The molecule has 0 radical (unpaired) electrons. The average molecular weight is 410 g/mol. The molecule has 0 saturated carbocycles. The molecule has 150 valence electrons. The van der Waals surface area contributed by atoms with Crippen molar-refractivity contribution in [3.8, 4) is 5.75 Å². The number of anilines is 1. The quantitative estimate of drug-likeness (QED) is 0.617. The number of sulfonamides is 1. The van der Waals surface area contributed by atoms with Gasteiger partial charge in [0, 0.05) is 0 Å². The van der Waals surface area contributed by atoms with Crippen LogP contribution in [0.2, 0.25) is 0 Å². The largest absolute Gasteiger partial charge is 0.495 e. The first-order chi connectivity index (χ1) is 13.9. The summed E-state index contributed by atoms with van der Waals surface area (Å²) in [5.74, 6) is -0.153. The summed E-state index contributed by atoms with van der Waals surface area (Å²) in [7, 11) is -2.54. The van der Waals surface area contributed by atoms with Crippen molar-refractivity contribution < 1.29 is 17.9 Å². The summed E-state index contributed by atoms with van der Waals surface area (Å²) in [6.07, 6.45) is 0. The zero-order chi connectivity index (χ0) is 20.9. The van der Waals surface area contributed by atoms with Gasteiger partial charge >= 0.3 is 0 Å². The molecule has 0 fully saturated rings. The first-order valence-corrected chi connectivity index (χ1v) is 10.5. The second kappa shape index (κ2) is 8.79. The van der Waals surface area contributed by atoms with Crippen LogP contribution in [0.25, 0.3) is 0 Å². The summed E-state index contributed by atoms with van der Waals surface area (Å²) >= 11 is 0. The number of rotatable bonds is 7. The first kappa shape index (κ1) is 20.4. The Bertz CT molecular complexity index is 1100. The van der Waals surface area contributed by atoms with Crippen LogP contribution in [0.5, 0.6) is 5.75 Å². The van der Waals surface area contributed by atoms with Crippen molar-refractivity contribution in [3.05, 3.63) is 90.0 Å². The fourth-order valence-corrected chi connectivity index (χ4v) is 4.16. The van der Waals surface area contributed by atoms with Crippen molar-refractivity contribution in [3.63, 3.8) is 0 Å². The van der Waals surface area contributed by atoms with E-state index in [1.807, 2.05) is 37.3 Å². The Morgan fingerprint density at radius 3 is 2.24 bits per heavy atom. The van der Waals surface area contributed by atoms with Crippen LogP contribution in [0.4, 0.5) is 5.69 Å². The van der Waals surface area contributed by atoms with Gasteiger partial charge in [0.15, 0.2) is 0 Å². The van der Waals surface area contributed by atoms with Crippen LogP contribution in [-0.4, -0.2) is 21.4 Å². The molecule has 29 heavy (non-hydrogen) atoms. The standard InChI is InChI=1S/C22H22N2O4S/c1-16(17-10-4-3-5-11-17)23-22(25)18-12-6-7-13-19(18)24-29(26,27)21-15-9-8-14-20(21)28-2/h3-16,24H,1-2H3,(H,23,25)/t16-/m0/s1. The van der Waals surface area contributed by atoms with Gasteiger partial charge in [0.05, 0.1) is 24.4 Å². The van der Waals surface area contributed by atoms with E-state index in [1.165, 1.54) is 13.2 Å². The van der Waals surface area contributed by atoms with E-state index in [-0.39, 0.29) is 33.8 Å². The summed E-state index contributed by atoms with van der Waals surface area (Å²) in [4.78, 5) is 12.8. The molecule has 0 saturated heterocycles. The molecule has 2 N–H and O–H groups in total. The molecule has 6 nitrogen and oxygen atoms in total. The number of carbonyl (C=O) groups is 1. The fourth-order valence-electron chi connectivity index (χ4n) is 2.91. The number of carbonyl (C=O) groups excluding carboxylic acids is 1. The molecule has 1 amide bonds. The zero-order valence-electron chi connectivity index (χ0n) is 16.1. The van der Waals surface area contributed by atoms with Crippen LogP contribution in [0.3, 0.4) is 0 Å². The number of benzene rings is 3. The molecular weight excluding hydrogens is 388 g/mol. The lowest BCUT2D eigenvalue weighted by atomic mass is 10.1. The van der Waals surface area contributed by atoms with Gasteiger partial charge in [-0.3, -0.25) is 9.52 Å². The van der Waals surface area contributed by atoms with Gasteiger partial charge in [-0.25, -0.2) is 8.42 Å². The predicted molar refractivity (Wildman–Crippen MR) is 113 cm³/mol. The van der Waals surface area contributed by atoms with Gasteiger partial charge in [0.2, 0.25) is 0 Å². The Kier molecular flexibility index (Phi) is 6.19. The van der Waals surface area contributed by atoms with Crippen molar-refractivity contribution in [1.82, 2.24) is 5.32 Å². The number of hydrogen-bond donors (Lipinski definition) is 2. The van der Waals surface area contributed by atoms with Gasteiger partial charge in [-0.1, -0.05) is 54.6 Å². The first-order valence-electron chi connectivity index (χ1n) is 9.03. The van der Waals surface area contributed by atoms with Gasteiger partial charge in [0.1, 0.15) is 10.6 Å². The van der Waals surface area contributed by atoms with Crippen LogP contribution < -0.4 is 14.8 Å². The highest BCUT2D eigenvalue weighted by Crippen LogP contribution is 2.27. The number of para-hydroxylation sites is 2. The number of hydrogen-bond acceptors (Lipinski definition) is 4. The van der Waals surface area contributed by atoms with E-state index >= 15 is 0 Å². The minimum absolute atomic E-state index is 0.00429. The smallest absolute Gasteiger partial charge is 0.265 e.